The van der Waals surface area contributed by atoms with E-state index < -0.39 is 0 Å². The summed E-state index contributed by atoms with van der Waals surface area (Å²) in [5, 5.41) is 2.54. The third-order valence-electron chi connectivity index (χ3n) is 3.79. The zero-order chi connectivity index (χ0) is 15.6. The molecule has 0 spiro atoms. The first-order chi connectivity index (χ1) is 10.8. The highest BCUT2D eigenvalue weighted by Crippen LogP contribution is 2.22. The second kappa shape index (κ2) is 9.22. The summed E-state index contributed by atoms with van der Waals surface area (Å²) >= 11 is 0. The number of unbranched alkanes of at least 4 members (excludes halogenated alkanes) is 2. The maximum Gasteiger partial charge on any atom is 0.0801 e. The molecule has 0 unspecified atom stereocenters. The highest BCUT2D eigenvalue weighted by molar-refractivity contribution is 5.83. The quantitative estimate of drug-likeness (QED) is 0.415. The fourth-order valence-electron chi connectivity index (χ4n) is 2.39. The normalized spacial score (nSPS) is 13.4. The van der Waals surface area contributed by atoms with Gasteiger partial charge in [0.05, 0.1) is 12.7 Å². The topological polar surface area (TPSA) is 9.23 Å². The van der Waals surface area contributed by atoms with E-state index >= 15 is 0 Å². The lowest BCUT2D eigenvalue weighted by Crippen LogP contribution is -1.99. The summed E-state index contributed by atoms with van der Waals surface area (Å²) in [6.45, 7) is 4.97. The van der Waals surface area contributed by atoms with E-state index in [2.05, 4.69) is 80.6 Å². The zero-order valence-corrected chi connectivity index (χ0v) is 13.7. The Morgan fingerprint density at radius 3 is 2.59 bits per heavy atom. The Balaban J connectivity index is 1.82. The summed E-state index contributed by atoms with van der Waals surface area (Å²) in [6, 6.07) is 15.0. The highest BCUT2D eigenvalue weighted by Gasteiger charge is 2.05. The van der Waals surface area contributed by atoms with Crippen LogP contribution in [0.25, 0.3) is 10.8 Å². The van der Waals surface area contributed by atoms with Crippen LogP contribution >= 0.6 is 0 Å². The van der Waals surface area contributed by atoms with E-state index in [0.717, 1.165) is 6.42 Å². The van der Waals surface area contributed by atoms with Crippen molar-refractivity contribution in [3.63, 3.8) is 0 Å². The summed E-state index contributed by atoms with van der Waals surface area (Å²) in [4.78, 5) is 0. The van der Waals surface area contributed by atoms with Gasteiger partial charge in [0, 0.05) is 0 Å². The molecule has 1 atom stereocenters. The lowest BCUT2D eigenvalue weighted by Gasteiger charge is -2.12. The van der Waals surface area contributed by atoms with Gasteiger partial charge in [-0.05, 0) is 35.7 Å². The van der Waals surface area contributed by atoms with Crippen LogP contribution < -0.4 is 0 Å². The lowest BCUT2D eigenvalue weighted by molar-refractivity contribution is 0.0887. The predicted octanol–water partition coefficient (Wildman–Crippen LogP) is 6.22. The van der Waals surface area contributed by atoms with E-state index in [9.17, 15) is 0 Å². The van der Waals surface area contributed by atoms with Crippen molar-refractivity contribution in [1.29, 1.82) is 0 Å². The molecular formula is C21H26O. The molecule has 22 heavy (non-hydrogen) atoms. The van der Waals surface area contributed by atoms with Crippen molar-refractivity contribution >= 4 is 10.8 Å². The molecule has 0 heterocycles. The molecule has 1 heteroatoms. The van der Waals surface area contributed by atoms with Crippen molar-refractivity contribution in [2.24, 2.45) is 0 Å². The number of rotatable bonds is 8. The molecule has 2 aromatic rings. The second-order valence-corrected chi connectivity index (χ2v) is 5.58. The van der Waals surface area contributed by atoms with Gasteiger partial charge in [-0.3, -0.25) is 0 Å². The molecule has 0 fully saturated rings. The zero-order valence-electron chi connectivity index (χ0n) is 13.7. The average Bonchev–Trinajstić information content (AvgIpc) is 2.56. The Hall–Kier alpha value is -1.86. The van der Waals surface area contributed by atoms with E-state index in [1.54, 1.807) is 0 Å². The van der Waals surface area contributed by atoms with Gasteiger partial charge in [0.2, 0.25) is 0 Å². The monoisotopic (exact) mass is 294 g/mol. The standard InChI is InChI=1S/C21H26O/c1-3-4-5-6-7-8-11-16-22-18(2)20-15-14-19-12-9-10-13-21(19)17-20/h6-15,17-18H,3-5,16H2,1-2H3/b7-6+,11-8+/t18-/m1/s1. The molecule has 0 aliphatic rings. The minimum atomic E-state index is 0.110. The van der Waals surface area contributed by atoms with Crippen molar-refractivity contribution in [2.75, 3.05) is 6.61 Å². The Morgan fingerprint density at radius 2 is 1.77 bits per heavy atom. The van der Waals surface area contributed by atoms with Crippen LogP contribution in [0.4, 0.5) is 0 Å². The van der Waals surface area contributed by atoms with Crippen LogP contribution in [0.5, 0.6) is 0 Å². The molecule has 0 aromatic heterocycles. The van der Waals surface area contributed by atoms with Crippen molar-refractivity contribution in [2.45, 2.75) is 39.2 Å². The molecule has 0 aliphatic heterocycles. The SMILES string of the molecule is CCCC/C=C/C=C/CO[C@H](C)c1ccc2ccccc2c1. The molecule has 0 bridgehead atoms. The van der Waals surface area contributed by atoms with Crippen LogP contribution in [0.3, 0.4) is 0 Å². The number of allylic oxidation sites excluding steroid dienone is 3. The minimum Gasteiger partial charge on any atom is -0.370 e. The Kier molecular flexibility index (Phi) is 6.92. The van der Waals surface area contributed by atoms with Gasteiger partial charge in [-0.15, -0.1) is 0 Å². The first kappa shape index (κ1) is 16.5. The summed E-state index contributed by atoms with van der Waals surface area (Å²) in [6.07, 6.45) is 12.3. The minimum absolute atomic E-state index is 0.110. The van der Waals surface area contributed by atoms with Gasteiger partial charge in [-0.2, -0.15) is 0 Å². The summed E-state index contributed by atoms with van der Waals surface area (Å²) in [5.74, 6) is 0. The maximum absolute atomic E-state index is 5.88. The maximum atomic E-state index is 5.88. The Bertz CT molecular complexity index is 625. The first-order valence-corrected chi connectivity index (χ1v) is 8.23. The first-order valence-electron chi connectivity index (χ1n) is 8.23. The molecule has 2 rings (SSSR count). The summed E-state index contributed by atoms with van der Waals surface area (Å²) in [5.41, 5.74) is 1.23. The molecule has 0 aliphatic carbocycles. The van der Waals surface area contributed by atoms with Gasteiger partial charge in [0.15, 0.2) is 0 Å². The molecule has 0 saturated carbocycles. The van der Waals surface area contributed by atoms with Gasteiger partial charge >= 0.3 is 0 Å². The third kappa shape index (κ3) is 5.16. The van der Waals surface area contributed by atoms with Crippen LogP contribution in [0, 0.1) is 0 Å². The molecule has 0 radical (unpaired) electrons. The number of benzene rings is 2. The summed E-state index contributed by atoms with van der Waals surface area (Å²) < 4.78 is 5.88. The second-order valence-electron chi connectivity index (χ2n) is 5.58. The van der Waals surface area contributed by atoms with Gasteiger partial charge < -0.3 is 4.74 Å². The molecular weight excluding hydrogens is 268 g/mol. The van der Waals surface area contributed by atoms with Gasteiger partial charge in [-0.25, -0.2) is 0 Å². The molecule has 0 saturated heterocycles. The Labute approximate surface area is 134 Å². The van der Waals surface area contributed by atoms with Gasteiger partial charge in [0.25, 0.3) is 0 Å². The fourth-order valence-corrected chi connectivity index (χ4v) is 2.39. The van der Waals surface area contributed by atoms with Crippen LogP contribution in [-0.2, 0) is 4.74 Å². The fraction of sp³-hybridized carbons (Fsp3) is 0.333. The van der Waals surface area contributed by atoms with Crippen LogP contribution in [0.1, 0.15) is 44.8 Å². The molecule has 1 nitrogen and oxygen atoms in total. The van der Waals surface area contributed by atoms with Crippen molar-refractivity contribution < 1.29 is 4.74 Å². The summed E-state index contributed by atoms with van der Waals surface area (Å²) in [7, 11) is 0. The van der Waals surface area contributed by atoms with E-state index in [1.807, 2.05) is 0 Å². The number of hydrogen-bond donors (Lipinski definition) is 0. The number of fused-ring (bicyclic) bond motifs is 1. The van der Waals surface area contributed by atoms with E-state index in [0.29, 0.717) is 6.61 Å². The van der Waals surface area contributed by atoms with E-state index in [4.69, 9.17) is 4.74 Å². The lowest BCUT2D eigenvalue weighted by atomic mass is 10.0. The van der Waals surface area contributed by atoms with E-state index in [-0.39, 0.29) is 6.10 Å². The van der Waals surface area contributed by atoms with Crippen LogP contribution in [-0.4, -0.2) is 6.61 Å². The largest absolute Gasteiger partial charge is 0.370 e. The molecule has 116 valence electrons. The number of hydrogen-bond acceptors (Lipinski definition) is 1. The molecule has 2 aromatic carbocycles. The Morgan fingerprint density at radius 1 is 1.00 bits per heavy atom. The van der Waals surface area contributed by atoms with Crippen molar-refractivity contribution in [1.82, 2.24) is 0 Å². The van der Waals surface area contributed by atoms with Crippen LogP contribution in [0.15, 0.2) is 66.8 Å². The smallest absolute Gasteiger partial charge is 0.0801 e. The number of ether oxygens (including phenoxy) is 1. The van der Waals surface area contributed by atoms with E-state index in [1.165, 1.54) is 29.2 Å². The van der Waals surface area contributed by atoms with Crippen molar-refractivity contribution in [3.05, 3.63) is 72.3 Å². The third-order valence-corrected chi connectivity index (χ3v) is 3.79. The van der Waals surface area contributed by atoms with Gasteiger partial charge in [-0.1, -0.05) is 80.5 Å². The average molecular weight is 294 g/mol. The van der Waals surface area contributed by atoms with Crippen LogP contribution in [0.2, 0.25) is 0 Å². The van der Waals surface area contributed by atoms with Gasteiger partial charge in [0.1, 0.15) is 0 Å². The molecule has 0 amide bonds. The highest BCUT2D eigenvalue weighted by atomic mass is 16.5. The predicted molar refractivity (Wildman–Crippen MR) is 96.1 cm³/mol. The van der Waals surface area contributed by atoms with Crippen molar-refractivity contribution in [3.8, 4) is 0 Å². The molecule has 0 N–H and O–H groups in total.